The van der Waals surface area contributed by atoms with Crippen molar-refractivity contribution in [2.75, 3.05) is 11.2 Å². The Morgan fingerprint density at radius 1 is 1.50 bits per heavy atom. The number of aromatic nitrogens is 2. The number of rotatable bonds is 5. The van der Waals surface area contributed by atoms with Crippen molar-refractivity contribution in [1.82, 2.24) is 9.97 Å². The van der Waals surface area contributed by atoms with Crippen LogP contribution in [0.25, 0.3) is 0 Å². The quantitative estimate of drug-likeness (QED) is 0.443. The molecule has 4 nitrogen and oxygen atoms in total. The molecule has 0 fully saturated rings. The molecule has 3 N–H and O–H groups in total. The van der Waals surface area contributed by atoms with E-state index >= 15 is 0 Å². The highest BCUT2D eigenvalue weighted by atomic mass is 32.2. The summed E-state index contributed by atoms with van der Waals surface area (Å²) in [5.74, 6) is 7.64. The Balaban J connectivity index is 2.42. The lowest BCUT2D eigenvalue weighted by Gasteiger charge is -2.04. The normalized spacial score (nSPS) is 10.6. The molecule has 1 rings (SSSR count). The smallest absolute Gasteiger partial charge is 0.159 e. The minimum atomic E-state index is 0.611. The summed E-state index contributed by atoms with van der Waals surface area (Å²) in [6, 6.07) is 0. The standard InChI is InChI=1S/C9H16N4S/c1-7(2)3-4-14-9-6-11-5-8(12-9)13-10/h5-7H,3-4,10H2,1-2H3,(H,12,13). The first-order valence-electron chi connectivity index (χ1n) is 4.64. The van der Waals surface area contributed by atoms with Crippen LogP contribution in [-0.2, 0) is 0 Å². The average Bonchev–Trinajstić information content (AvgIpc) is 2.18. The van der Waals surface area contributed by atoms with Crippen molar-refractivity contribution in [3.05, 3.63) is 12.4 Å². The lowest BCUT2D eigenvalue weighted by atomic mass is 10.2. The van der Waals surface area contributed by atoms with Gasteiger partial charge in [-0.1, -0.05) is 13.8 Å². The summed E-state index contributed by atoms with van der Waals surface area (Å²) in [5.41, 5.74) is 2.48. The summed E-state index contributed by atoms with van der Waals surface area (Å²) < 4.78 is 0. The van der Waals surface area contributed by atoms with Crippen LogP contribution in [0.1, 0.15) is 20.3 Å². The Kier molecular flexibility index (Phi) is 4.69. The number of thioether (sulfide) groups is 1. The molecule has 0 amide bonds. The van der Waals surface area contributed by atoms with Gasteiger partial charge in [0.15, 0.2) is 5.82 Å². The summed E-state index contributed by atoms with van der Waals surface area (Å²) in [5, 5.41) is 0.918. The molecule has 0 spiro atoms. The molecule has 1 heterocycles. The van der Waals surface area contributed by atoms with Crippen LogP contribution in [0.4, 0.5) is 5.82 Å². The van der Waals surface area contributed by atoms with E-state index in [0.717, 1.165) is 16.7 Å². The lowest BCUT2D eigenvalue weighted by Crippen LogP contribution is -2.09. The highest BCUT2D eigenvalue weighted by molar-refractivity contribution is 7.99. The van der Waals surface area contributed by atoms with Gasteiger partial charge in [-0.05, 0) is 18.1 Å². The van der Waals surface area contributed by atoms with E-state index < -0.39 is 0 Å². The summed E-state index contributed by atoms with van der Waals surface area (Å²) in [6.45, 7) is 4.42. The maximum atomic E-state index is 5.23. The number of nitrogens with two attached hydrogens (primary N) is 1. The molecule has 14 heavy (non-hydrogen) atoms. The van der Waals surface area contributed by atoms with E-state index in [0.29, 0.717) is 5.82 Å². The monoisotopic (exact) mass is 212 g/mol. The zero-order valence-electron chi connectivity index (χ0n) is 8.53. The number of nitrogen functional groups attached to an aromatic ring is 1. The predicted molar refractivity (Wildman–Crippen MR) is 60.0 cm³/mol. The van der Waals surface area contributed by atoms with Crippen molar-refractivity contribution in [2.24, 2.45) is 11.8 Å². The third-order valence-corrected chi connectivity index (χ3v) is 2.64. The lowest BCUT2D eigenvalue weighted by molar-refractivity contribution is 0.632. The molecule has 0 saturated carbocycles. The Morgan fingerprint density at radius 3 is 2.93 bits per heavy atom. The first kappa shape index (κ1) is 11.3. The third-order valence-electron chi connectivity index (χ3n) is 1.71. The maximum Gasteiger partial charge on any atom is 0.159 e. The van der Waals surface area contributed by atoms with Gasteiger partial charge in [-0.15, -0.1) is 11.8 Å². The second kappa shape index (κ2) is 5.82. The van der Waals surface area contributed by atoms with Crippen LogP contribution in [-0.4, -0.2) is 15.7 Å². The SMILES string of the molecule is CC(C)CCSc1cncc(NN)n1. The van der Waals surface area contributed by atoms with Crippen LogP contribution >= 0.6 is 11.8 Å². The number of hydrazine groups is 1. The van der Waals surface area contributed by atoms with Gasteiger partial charge in [0.1, 0.15) is 5.03 Å². The van der Waals surface area contributed by atoms with E-state index in [2.05, 4.69) is 29.2 Å². The fraction of sp³-hybridized carbons (Fsp3) is 0.556. The van der Waals surface area contributed by atoms with Crippen LogP contribution in [0.5, 0.6) is 0 Å². The Morgan fingerprint density at radius 2 is 2.29 bits per heavy atom. The molecular weight excluding hydrogens is 196 g/mol. The van der Waals surface area contributed by atoms with Gasteiger partial charge in [-0.2, -0.15) is 0 Å². The zero-order valence-corrected chi connectivity index (χ0v) is 9.34. The summed E-state index contributed by atoms with van der Waals surface area (Å²) in [6.07, 6.45) is 4.55. The maximum absolute atomic E-state index is 5.23. The Hall–Kier alpha value is -0.810. The number of hydrogen-bond acceptors (Lipinski definition) is 5. The number of nitrogens with zero attached hydrogens (tertiary/aromatic N) is 2. The highest BCUT2D eigenvalue weighted by Gasteiger charge is 1.99. The van der Waals surface area contributed by atoms with Gasteiger partial charge in [0, 0.05) is 0 Å². The van der Waals surface area contributed by atoms with Gasteiger partial charge in [0.25, 0.3) is 0 Å². The fourth-order valence-corrected chi connectivity index (χ4v) is 1.98. The summed E-state index contributed by atoms with van der Waals surface area (Å²) in [4.78, 5) is 8.28. The van der Waals surface area contributed by atoms with Gasteiger partial charge in [0.05, 0.1) is 12.4 Å². The van der Waals surface area contributed by atoms with E-state index in [1.807, 2.05) is 0 Å². The van der Waals surface area contributed by atoms with Gasteiger partial charge in [0.2, 0.25) is 0 Å². The van der Waals surface area contributed by atoms with E-state index in [9.17, 15) is 0 Å². The summed E-state index contributed by atoms with van der Waals surface area (Å²) >= 11 is 1.71. The minimum absolute atomic E-state index is 0.611. The number of anilines is 1. The second-order valence-corrected chi connectivity index (χ2v) is 4.53. The van der Waals surface area contributed by atoms with E-state index in [1.165, 1.54) is 6.42 Å². The molecule has 0 atom stereocenters. The van der Waals surface area contributed by atoms with Gasteiger partial charge in [-0.3, -0.25) is 4.98 Å². The predicted octanol–water partition coefficient (Wildman–Crippen LogP) is 1.90. The molecule has 1 aromatic rings. The van der Waals surface area contributed by atoms with E-state index in [4.69, 9.17) is 5.84 Å². The van der Waals surface area contributed by atoms with Gasteiger partial charge >= 0.3 is 0 Å². The summed E-state index contributed by atoms with van der Waals surface area (Å²) in [7, 11) is 0. The van der Waals surface area contributed by atoms with Gasteiger partial charge < -0.3 is 5.43 Å². The molecule has 0 aromatic carbocycles. The minimum Gasteiger partial charge on any atom is -0.307 e. The molecule has 0 aliphatic carbocycles. The molecule has 0 saturated heterocycles. The van der Waals surface area contributed by atoms with Crippen LogP contribution in [0.15, 0.2) is 17.4 Å². The third kappa shape index (κ3) is 3.93. The zero-order chi connectivity index (χ0) is 10.4. The molecule has 0 unspecified atom stereocenters. The van der Waals surface area contributed by atoms with E-state index in [1.54, 1.807) is 24.2 Å². The Bertz CT molecular complexity index is 277. The van der Waals surface area contributed by atoms with Crippen molar-refractivity contribution in [3.63, 3.8) is 0 Å². The topological polar surface area (TPSA) is 63.8 Å². The van der Waals surface area contributed by atoms with Gasteiger partial charge in [-0.25, -0.2) is 10.8 Å². The largest absolute Gasteiger partial charge is 0.307 e. The molecular formula is C9H16N4S. The average molecular weight is 212 g/mol. The van der Waals surface area contributed by atoms with Crippen LogP contribution < -0.4 is 11.3 Å². The molecule has 1 aromatic heterocycles. The molecule has 5 heteroatoms. The van der Waals surface area contributed by atoms with E-state index in [-0.39, 0.29) is 0 Å². The van der Waals surface area contributed by atoms with Crippen LogP contribution in [0.3, 0.4) is 0 Å². The Labute approximate surface area is 88.7 Å². The number of nitrogens with one attached hydrogen (secondary N) is 1. The second-order valence-electron chi connectivity index (χ2n) is 3.42. The molecule has 0 aliphatic heterocycles. The fourth-order valence-electron chi connectivity index (χ4n) is 0.886. The first-order valence-corrected chi connectivity index (χ1v) is 5.62. The first-order chi connectivity index (χ1) is 6.72. The highest BCUT2D eigenvalue weighted by Crippen LogP contribution is 2.18. The molecule has 78 valence electrons. The van der Waals surface area contributed by atoms with Crippen molar-refractivity contribution in [1.29, 1.82) is 0 Å². The van der Waals surface area contributed by atoms with Crippen molar-refractivity contribution < 1.29 is 0 Å². The molecule has 0 radical (unpaired) electrons. The van der Waals surface area contributed by atoms with Crippen molar-refractivity contribution in [2.45, 2.75) is 25.3 Å². The molecule has 0 bridgehead atoms. The van der Waals surface area contributed by atoms with Crippen molar-refractivity contribution in [3.8, 4) is 0 Å². The van der Waals surface area contributed by atoms with Crippen molar-refractivity contribution >= 4 is 17.6 Å². The number of hydrogen-bond donors (Lipinski definition) is 2. The van der Waals surface area contributed by atoms with Crippen LogP contribution in [0.2, 0.25) is 0 Å². The molecule has 0 aliphatic rings. The van der Waals surface area contributed by atoms with Crippen LogP contribution in [0, 0.1) is 5.92 Å².